The third-order valence-corrected chi connectivity index (χ3v) is 5.90. The first-order valence-corrected chi connectivity index (χ1v) is 10.2. The van der Waals surface area contributed by atoms with E-state index in [1.165, 1.54) is 16.2 Å². The molecule has 0 fully saturated rings. The van der Waals surface area contributed by atoms with Gasteiger partial charge >= 0.3 is 0 Å². The second kappa shape index (κ2) is 8.97. The Kier molecular flexibility index (Phi) is 6.62. The predicted molar refractivity (Wildman–Crippen MR) is 117 cm³/mol. The molecule has 0 aliphatic heterocycles. The Bertz CT molecular complexity index is 998. The van der Waals surface area contributed by atoms with Crippen molar-refractivity contribution in [1.82, 2.24) is 4.90 Å². The van der Waals surface area contributed by atoms with Gasteiger partial charge in [-0.3, -0.25) is 9.59 Å². The summed E-state index contributed by atoms with van der Waals surface area (Å²) in [5.41, 5.74) is 1.31. The summed E-state index contributed by atoms with van der Waals surface area (Å²) in [7, 11) is 1.57. The molecule has 0 aliphatic rings. The molecule has 1 heterocycles. The van der Waals surface area contributed by atoms with Crippen LogP contribution in [-0.2, 0) is 4.79 Å². The number of likely N-dealkylation sites (N-methyl/N-ethyl adjacent to an activating group) is 1. The molecule has 3 rings (SSSR count). The zero-order valence-corrected chi connectivity index (χ0v) is 17.8. The molecule has 0 unspecified atom stereocenters. The van der Waals surface area contributed by atoms with Crippen LogP contribution in [0.15, 0.2) is 54.6 Å². The second-order valence-electron chi connectivity index (χ2n) is 5.98. The highest BCUT2D eigenvalue weighted by atomic mass is 35.5. The van der Waals surface area contributed by atoms with Crippen molar-refractivity contribution in [3.63, 3.8) is 0 Å². The van der Waals surface area contributed by atoms with Gasteiger partial charge in [0.2, 0.25) is 5.91 Å². The van der Waals surface area contributed by atoms with Gasteiger partial charge in [0, 0.05) is 16.9 Å². The molecule has 144 valence electrons. The van der Waals surface area contributed by atoms with E-state index in [1.807, 2.05) is 18.2 Å². The van der Waals surface area contributed by atoms with Crippen LogP contribution in [0.25, 0.3) is 10.4 Å². The number of carbonyl (C=O) groups is 2. The van der Waals surface area contributed by atoms with E-state index >= 15 is 0 Å². The molecular weight excluding hydrogens is 439 g/mol. The van der Waals surface area contributed by atoms with E-state index < -0.39 is 0 Å². The molecule has 0 bridgehead atoms. The number of nitrogens with one attached hydrogen (secondary N) is 1. The van der Waals surface area contributed by atoms with Crippen molar-refractivity contribution >= 4 is 63.6 Å². The monoisotopic (exact) mass is 452 g/mol. The molecule has 2 aromatic carbocycles. The Morgan fingerprint density at radius 3 is 2.25 bits per heavy atom. The number of halogens is 3. The van der Waals surface area contributed by atoms with Crippen LogP contribution < -0.4 is 5.32 Å². The largest absolute Gasteiger partial charge is 0.332 e. The molecule has 0 aliphatic carbocycles. The molecule has 1 aromatic heterocycles. The fourth-order valence-electron chi connectivity index (χ4n) is 2.49. The molecule has 0 radical (unpaired) electrons. The molecule has 0 spiro atoms. The summed E-state index contributed by atoms with van der Waals surface area (Å²) >= 11 is 19.4. The van der Waals surface area contributed by atoms with Crippen LogP contribution in [-0.4, -0.2) is 30.3 Å². The van der Waals surface area contributed by atoms with Gasteiger partial charge in [-0.05, 0) is 42.0 Å². The van der Waals surface area contributed by atoms with E-state index in [4.69, 9.17) is 34.8 Å². The molecule has 4 nitrogen and oxygen atoms in total. The normalized spacial score (nSPS) is 10.6. The molecule has 8 heteroatoms. The summed E-state index contributed by atoms with van der Waals surface area (Å²) in [5, 5.41) is 3.97. The summed E-state index contributed by atoms with van der Waals surface area (Å²) in [6.45, 7) is -0.130. The number of rotatable bonds is 5. The van der Waals surface area contributed by atoms with Crippen LogP contribution in [0.3, 0.4) is 0 Å². The molecule has 3 aromatic rings. The molecular formula is C20H15Cl3N2O2S. The van der Waals surface area contributed by atoms with Gasteiger partial charge in [-0.2, -0.15) is 0 Å². The maximum absolute atomic E-state index is 12.6. The number of carbonyl (C=O) groups excluding carboxylic acids is 2. The molecule has 0 saturated carbocycles. The Hall–Kier alpha value is -2.05. The minimum atomic E-state index is -0.389. The second-order valence-corrected chi connectivity index (χ2v) is 8.31. The number of benzene rings is 2. The predicted octanol–water partition coefficient (Wildman–Crippen LogP) is 6.09. The first kappa shape index (κ1) is 20.7. The maximum atomic E-state index is 12.6. The number of thiophene rings is 1. The van der Waals surface area contributed by atoms with Crippen LogP contribution in [0.4, 0.5) is 5.69 Å². The van der Waals surface area contributed by atoms with E-state index in [0.717, 1.165) is 10.4 Å². The van der Waals surface area contributed by atoms with Gasteiger partial charge in [0.05, 0.1) is 27.2 Å². The highest BCUT2D eigenvalue weighted by Gasteiger charge is 2.18. The number of amides is 2. The summed E-state index contributed by atoms with van der Waals surface area (Å²) in [5.74, 6) is -0.633. The first-order valence-electron chi connectivity index (χ1n) is 8.20. The minimum Gasteiger partial charge on any atom is -0.332 e. The highest BCUT2D eigenvalue weighted by molar-refractivity contribution is 7.17. The maximum Gasteiger partial charge on any atom is 0.264 e. The van der Waals surface area contributed by atoms with E-state index in [1.54, 1.807) is 43.4 Å². The van der Waals surface area contributed by atoms with Crippen LogP contribution in [0.1, 0.15) is 9.67 Å². The van der Waals surface area contributed by atoms with Crippen molar-refractivity contribution in [1.29, 1.82) is 0 Å². The van der Waals surface area contributed by atoms with Crippen LogP contribution in [0, 0.1) is 0 Å². The standard InChI is InChI=1S/C20H15Cl3N2O2S/c1-25(11-18(26)24-19-14(22)3-2-4-15(19)23)20(27)17-10-9-16(28-17)12-5-7-13(21)8-6-12/h2-10H,11H2,1H3,(H,24,26). The van der Waals surface area contributed by atoms with Gasteiger partial charge < -0.3 is 10.2 Å². The Morgan fingerprint density at radius 1 is 0.964 bits per heavy atom. The van der Waals surface area contributed by atoms with Crippen LogP contribution >= 0.6 is 46.1 Å². The van der Waals surface area contributed by atoms with Gasteiger partial charge in [0.15, 0.2) is 0 Å². The van der Waals surface area contributed by atoms with E-state index in [9.17, 15) is 9.59 Å². The highest BCUT2D eigenvalue weighted by Crippen LogP contribution is 2.31. The minimum absolute atomic E-state index is 0.130. The van der Waals surface area contributed by atoms with Crippen molar-refractivity contribution in [3.05, 3.63) is 74.5 Å². The third-order valence-electron chi connectivity index (χ3n) is 3.90. The van der Waals surface area contributed by atoms with Crippen LogP contribution in [0.2, 0.25) is 15.1 Å². The summed E-state index contributed by atoms with van der Waals surface area (Å²) in [6, 6.07) is 16.0. The fourth-order valence-corrected chi connectivity index (χ4v) is 4.12. The van der Waals surface area contributed by atoms with Gasteiger partial charge in [-0.1, -0.05) is 53.0 Å². The molecule has 1 N–H and O–H groups in total. The van der Waals surface area contributed by atoms with Crippen molar-refractivity contribution in [2.75, 3.05) is 18.9 Å². The topological polar surface area (TPSA) is 49.4 Å². The third kappa shape index (κ3) is 4.86. The van der Waals surface area contributed by atoms with Gasteiger partial charge in [-0.15, -0.1) is 11.3 Å². The lowest BCUT2D eigenvalue weighted by Gasteiger charge is -2.16. The van der Waals surface area contributed by atoms with E-state index in [0.29, 0.717) is 25.6 Å². The van der Waals surface area contributed by atoms with Crippen molar-refractivity contribution in [3.8, 4) is 10.4 Å². The number of nitrogens with zero attached hydrogens (tertiary/aromatic N) is 1. The van der Waals surface area contributed by atoms with E-state index in [-0.39, 0.29) is 18.4 Å². The van der Waals surface area contributed by atoms with Crippen molar-refractivity contribution in [2.45, 2.75) is 0 Å². The van der Waals surface area contributed by atoms with Crippen LogP contribution in [0.5, 0.6) is 0 Å². The van der Waals surface area contributed by atoms with Gasteiger partial charge in [0.1, 0.15) is 0 Å². The quantitative estimate of drug-likeness (QED) is 0.508. The van der Waals surface area contributed by atoms with Gasteiger partial charge in [-0.25, -0.2) is 0 Å². The molecule has 0 atom stereocenters. The lowest BCUT2D eigenvalue weighted by atomic mass is 10.2. The lowest BCUT2D eigenvalue weighted by molar-refractivity contribution is -0.116. The number of hydrogen-bond acceptors (Lipinski definition) is 3. The fraction of sp³-hybridized carbons (Fsp3) is 0.100. The average Bonchev–Trinajstić information content (AvgIpc) is 3.15. The molecule has 0 saturated heterocycles. The molecule has 2 amide bonds. The Labute approximate surface area is 181 Å². The smallest absolute Gasteiger partial charge is 0.264 e. The van der Waals surface area contributed by atoms with Crippen molar-refractivity contribution in [2.24, 2.45) is 0 Å². The number of hydrogen-bond donors (Lipinski definition) is 1. The summed E-state index contributed by atoms with van der Waals surface area (Å²) in [6.07, 6.45) is 0. The average molecular weight is 454 g/mol. The van der Waals surface area contributed by atoms with Crippen molar-refractivity contribution < 1.29 is 9.59 Å². The first-order chi connectivity index (χ1) is 13.3. The number of anilines is 1. The zero-order chi connectivity index (χ0) is 20.3. The SMILES string of the molecule is CN(CC(=O)Nc1c(Cl)cccc1Cl)C(=O)c1ccc(-c2ccc(Cl)cc2)s1. The van der Waals surface area contributed by atoms with E-state index in [2.05, 4.69) is 5.32 Å². The summed E-state index contributed by atoms with van der Waals surface area (Å²) in [4.78, 5) is 27.8. The Balaban J connectivity index is 1.66. The molecule has 28 heavy (non-hydrogen) atoms. The Morgan fingerprint density at radius 2 is 1.61 bits per heavy atom. The zero-order valence-electron chi connectivity index (χ0n) is 14.7. The lowest BCUT2D eigenvalue weighted by Crippen LogP contribution is -2.34. The summed E-state index contributed by atoms with van der Waals surface area (Å²) < 4.78 is 0. The number of para-hydroxylation sites is 1. The van der Waals surface area contributed by atoms with Gasteiger partial charge in [0.25, 0.3) is 5.91 Å².